The zero-order valence-electron chi connectivity index (χ0n) is 14.6. The van der Waals surface area contributed by atoms with Gasteiger partial charge in [0.2, 0.25) is 5.91 Å². The Labute approximate surface area is 157 Å². The smallest absolute Gasteiger partial charge is 0.227 e. The van der Waals surface area contributed by atoms with E-state index in [1.807, 2.05) is 47.4 Å². The first kappa shape index (κ1) is 17.1. The number of aromatic nitrogens is 2. The lowest BCUT2D eigenvalue weighted by atomic mass is 10.1. The molecule has 1 unspecified atom stereocenters. The van der Waals surface area contributed by atoms with Gasteiger partial charge in [0, 0.05) is 43.2 Å². The average Bonchev–Trinajstić information content (AvgIpc) is 3.21. The Morgan fingerprint density at radius 2 is 1.96 bits per heavy atom. The van der Waals surface area contributed by atoms with E-state index in [1.165, 1.54) is 0 Å². The quantitative estimate of drug-likeness (QED) is 0.686. The van der Waals surface area contributed by atoms with E-state index in [0.29, 0.717) is 24.6 Å². The molecule has 2 heterocycles. The number of methoxy groups -OCH3 is 1. The van der Waals surface area contributed by atoms with Crippen molar-refractivity contribution in [2.45, 2.75) is 18.9 Å². The zero-order valence-corrected chi connectivity index (χ0v) is 15.3. The molecule has 1 amide bonds. The number of imidazole rings is 1. The van der Waals surface area contributed by atoms with Gasteiger partial charge in [0.05, 0.1) is 17.6 Å². The molecule has 1 fully saturated rings. The first-order valence-corrected chi connectivity index (χ1v) is 9.05. The van der Waals surface area contributed by atoms with Crippen molar-refractivity contribution in [2.75, 3.05) is 25.2 Å². The number of carbonyl (C=O) groups excluding carboxylic acids is 1. The van der Waals surface area contributed by atoms with E-state index in [9.17, 15) is 4.79 Å². The molecule has 4 rings (SSSR count). The highest BCUT2D eigenvalue weighted by molar-refractivity contribution is 6.30. The number of carbonyl (C=O) groups is 1. The van der Waals surface area contributed by atoms with Gasteiger partial charge >= 0.3 is 0 Å². The molecule has 1 saturated heterocycles. The van der Waals surface area contributed by atoms with Crippen molar-refractivity contribution in [2.24, 2.45) is 0 Å². The van der Waals surface area contributed by atoms with Crippen molar-refractivity contribution in [1.29, 1.82) is 0 Å². The van der Waals surface area contributed by atoms with Crippen LogP contribution in [-0.4, -0.2) is 35.7 Å². The van der Waals surface area contributed by atoms with Crippen LogP contribution in [0.5, 0.6) is 0 Å². The topological polar surface area (TPSA) is 47.4 Å². The number of nitrogens with zero attached hydrogens (tertiary/aromatic N) is 3. The van der Waals surface area contributed by atoms with Crippen molar-refractivity contribution in [3.05, 3.63) is 59.4 Å². The summed E-state index contributed by atoms with van der Waals surface area (Å²) < 4.78 is 7.45. The number of halogens is 1. The summed E-state index contributed by atoms with van der Waals surface area (Å²) >= 11 is 5.97. The van der Waals surface area contributed by atoms with Crippen LogP contribution >= 0.6 is 11.6 Å². The summed E-state index contributed by atoms with van der Waals surface area (Å²) in [5.74, 6) is 1.12. The maximum absolute atomic E-state index is 12.6. The molecule has 1 aromatic heterocycles. The van der Waals surface area contributed by atoms with E-state index < -0.39 is 0 Å². The first-order chi connectivity index (χ1) is 12.7. The Kier molecular flexibility index (Phi) is 4.66. The molecular weight excluding hydrogens is 350 g/mol. The SMILES string of the molecule is COCCn1c(C2CC(=O)N(c3ccc(Cl)cc3)C2)nc2ccccc21. The number of rotatable bonds is 5. The Balaban J connectivity index is 1.67. The predicted octanol–water partition coefficient (Wildman–Crippen LogP) is 3.86. The highest BCUT2D eigenvalue weighted by Gasteiger charge is 2.34. The third kappa shape index (κ3) is 3.08. The van der Waals surface area contributed by atoms with Crippen LogP contribution in [0.25, 0.3) is 11.0 Å². The van der Waals surface area contributed by atoms with Crippen LogP contribution in [0.1, 0.15) is 18.2 Å². The third-order valence-corrected chi connectivity index (χ3v) is 5.08. The highest BCUT2D eigenvalue weighted by atomic mass is 35.5. The standard InChI is InChI=1S/C20H20ClN3O2/c1-26-11-10-23-18-5-3-2-4-17(18)22-20(23)14-12-19(25)24(13-14)16-8-6-15(21)7-9-16/h2-9,14H,10-13H2,1H3. The number of hydrogen-bond donors (Lipinski definition) is 0. The largest absolute Gasteiger partial charge is 0.383 e. The average molecular weight is 370 g/mol. The van der Waals surface area contributed by atoms with E-state index in [4.69, 9.17) is 21.3 Å². The van der Waals surface area contributed by atoms with Crippen LogP contribution in [0.15, 0.2) is 48.5 Å². The number of para-hydroxylation sites is 2. The zero-order chi connectivity index (χ0) is 18.1. The molecular formula is C20H20ClN3O2. The van der Waals surface area contributed by atoms with E-state index >= 15 is 0 Å². The maximum atomic E-state index is 12.6. The van der Waals surface area contributed by atoms with Gasteiger partial charge < -0.3 is 14.2 Å². The number of benzene rings is 2. The Morgan fingerprint density at radius 3 is 2.73 bits per heavy atom. The summed E-state index contributed by atoms with van der Waals surface area (Å²) in [6.45, 7) is 1.95. The summed E-state index contributed by atoms with van der Waals surface area (Å²) in [4.78, 5) is 19.3. The summed E-state index contributed by atoms with van der Waals surface area (Å²) in [6, 6.07) is 15.5. The molecule has 0 aliphatic carbocycles. The van der Waals surface area contributed by atoms with Crippen molar-refractivity contribution in [1.82, 2.24) is 9.55 Å². The molecule has 0 radical (unpaired) electrons. The number of amides is 1. The molecule has 0 N–H and O–H groups in total. The minimum atomic E-state index is 0.0578. The van der Waals surface area contributed by atoms with E-state index in [1.54, 1.807) is 7.11 Å². The first-order valence-electron chi connectivity index (χ1n) is 8.67. The van der Waals surface area contributed by atoms with Crippen molar-refractivity contribution in [3.8, 4) is 0 Å². The van der Waals surface area contributed by atoms with Crippen molar-refractivity contribution < 1.29 is 9.53 Å². The van der Waals surface area contributed by atoms with Crippen LogP contribution in [0.2, 0.25) is 5.02 Å². The Bertz CT molecular complexity index is 936. The summed E-state index contributed by atoms with van der Waals surface area (Å²) in [7, 11) is 1.69. The minimum Gasteiger partial charge on any atom is -0.383 e. The van der Waals surface area contributed by atoms with Gasteiger partial charge in [-0.2, -0.15) is 0 Å². The molecule has 5 nitrogen and oxygen atoms in total. The van der Waals surface area contributed by atoms with Gasteiger partial charge in [-0.15, -0.1) is 0 Å². The Hall–Kier alpha value is -2.37. The summed E-state index contributed by atoms with van der Waals surface area (Å²) in [5.41, 5.74) is 2.91. The van der Waals surface area contributed by atoms with Gasteiger partial charge in [-0.3, -0.25) is 4.79 Å². The Morgan fingerprint density at radius 1 is 1.19 bits per heavy atom. The molecule has 1 atom stereocenters. The normalized spacial score (nSPS) is 17.4. The van der Waals surface area contributed by atoms with Gasteiger partial charge in [0.15, 0.2) is 0 Å². The second-order valence-electron chi connectivity index (χ2n) is 6.48. The fourth-order valence-corrected chi connectivity index (χ4v) is 3.70. The van der Waals surface area contributed by atoms with Crippen LogP contribution in [-0.2, 0) is 16.1 Å². The highest BCUT2D eigenvalue weighted by Crippen LogP contribution is 2.33. The van der Waals surface area contributed by atoms with Gasteiger partial charge in [0.25, 0.3) is 0 Å². The molecule has 26 heavy (non-hydrogen) atoms. The monoisotopic (exact) mass is 369 g/mol. The maximum Gasteiger partial charge on any atom is 0.227 e. The predicted molar refractivity (Wildman–Crippen MR) is 103 cm³/mol. The molecule has 0 bridgehead atoms. The molecule has 0 saturated carbocycles. The summed E-state index contributed by atoms with van der Waals surface area (Å²) in [6.07, 6.45) is 0.457. The lowest BCUT2D eigenvalue weighted by molar-refractivity contribution is -0.117. The molecule has 1 aliphatic heterocycles. The number of fused-ring (bicyclic) bond motifs is 1. The van der Waals surface area contributed by atoms with Crippen LogP contribution in [0, 0.1) is 0 Å². The molecule has 134 valence electrons. The van der Waals surface area contributed by atoms with Crippen LogP contribution in [0.4, 0.5) is 5.69 Å². The number of anilines is 1. The summed E-state index contributed by atoms with van der Waals surface area (Å²) in [5, 5.41) is 0.665. The van der Waals surface area contributed by atoms with Gasteiger partial charge in [-0.1, -0.05) is 23.7 Å². The molecule has 1 aliphatic rings. The third-order valence-electron chi connectivity index (χ3n) is 4.83. The van der Waals surface area contributed by atoms with E-state index in [2.05, 4.69) is 10.6 Å². The fourth-order valence-electron chi connectivity index (χ4n) is 3.57. The lowest BCUT2D eigenvalue weighted by Crippen LogP contribution is -2.24. The van der Waals surface area contributed by atoms with Crippen LogP contribution < -0.4 is 4.90 Å². The van der Waals surface area contributed by atoms with E-state index in [-0.39, 0.29) is 11.8 Å². The van der Waals surface area contributed by atoms with Gasteiger partial charge in [-0.05, 0) is 36.4 Å². The number of hydrogen-bond acceptors (Lipinski definition) is 3. The lowest BCUT2D eigenvalue weighted by Gasteiger charge is -2.17. The molecule has 6 heteroatoms. The minimum absolute atomic E-state index is 0.0578. The van der Waals surface area contributed by atoms with Crippen molar-refractivity contribution >= 4 is 34.2 Å². The van der Waals surface area contributed by atoms with E-state index in [0.717, 1.165) is 29.1 Å². The second kappa shape index (κ2) is 7.09. The van der Waals surface area contributed by atoms with Crippen LogP contribution in [0.3, 0.4) is 0 Å². The number of ether oxygens (including phenoxy) is 1. The fraction of sp³-hybridized carbons (Fsp3) is 0.300. The molecule has 3 aromatic rings. The second-order valence-corrected chi connectivity index (χ2v) is 6.92. The van der Waals surface area contributed by atoms with Crippen molar-refractivity contribution in [3.63, 3.8) is 0 Å². The van der Waals surface area contributed by atoms with Gasteiger partial charge in [-0.25, -0.2) is 4.98 Å². The molecule has 2 aromatic carbocycles. The molecule has 0 spiro atoms. The van der Waals surface area contributed by atoms with Gasteiger partial charge in [0.1, 0.15) is 5.82 Å².